The van der Waals surface area contributed by atoms with Gasteiger partial charge in [-0.3, -0.25) is 0 Å². The number of nitrogens with zero attached hydrogens (tertiary/aromatic N) is 2. The summed E-state index contributed by atoms with van der Waals surface area (Å²) in [6.07, 6.45) is 1.81. The fourth-order valence-electron chi connectivity index (χ4n) is 1.83. The van der Waals surface area contributed by atoms with Gasteiger partial charge in [-0.1, -0.05) is 29.8 Å². The summed E-state index contributed by atoms with van der Waals surface area (Å²) in [4.78, 5) is 2.06. The van der Waals surface area contributed by atoms with Crippen molar-refractivity contribution in [1.29, 1.82) is 0 Å². The van der Waals surface area contributed by atoms with Crippen LogP contribution < -0.4 is 10.3 Å². The van der Waals surface area contributed by atoms with Crippen molar-refractivity contribution in [3.05, 3.63) is 63.1 Å². The number of hydrazone groups is 1. The summed E-state index contributed by atoms with van der Waals surface area (Å²) in [7, 11) is 4.03. The molecule has 0 fully saturated rings. The summed E-state index contributed by atoms with van der Waals surface area (Å²) in [5.74, 6) is 0. The summed E-state index contributed by atoms with van der Waals surface area (Å²) in [5.41, 5.74) is 6.34. The van der Waals surface area contributed by atoms with Gasteiger partial charge in [0, 0.05) is 23.6 Å². The molecule has 0 aromatic heterocycles. The second-order valence-corrected chi connectivity index (χ2v) is 6.12. The van der Waals surface area contributed by atoms with Crippen molar-refractivity contribution in [3.8, 4) is 0 Å². The second-order valence-electron chi connectivity index (χ2n) is 4.82. The Bertz CT molecular complexity index is 624. The standard InChI is InChI=1S/C16H17BrClN3/c1-21(2)16-8-5-13(9-15(16)17)11-20-19-10-12-3-6-14(18)7-4-12/h3-9,11,19H,10H2,1-2H3/b20-11-. The van der Waals surface area contributed by atoms with Gasteiger partial charge in [-0.15, -0.1) is 0 Å². The van der Waals surface area contributed by atoms with Gasteiger partial charge in [0.15, 0.2) is 0 Å². The maximum absolute atomic E-state index is 5.84. The van der Waals surface area contributed by atoms with Crippen LogP contribution in [0.4, 0.5) is 5.69 Å². The minimum absolute atomic E-state index is 0.671. The highest BCUT2D eigenvalue weighted by molar-refractivity contribution is 9.10. The highest BCUT2D eigenvalue weighted by Crippen LogP contribution is 2.25. The molecule has 0 bridgehead atoms. The first-order chi connectivity index (χ1) is 10.1. The molecule has 1 N–H and O–H groups in total. The third-order valence-electron chi connectivity index (χ3n) is 2.95. The topological polar surface area (TPSA) is 27.6 Å². The third kappa shape index (κ3) is 4.76. The van der Waals surface area contributed by atoms with Gasteiger partial charge < -0.3 is 10.3 Å². The van der Waals surface area contributed by atoms with Crippen molar-refractivity contribution in [1.82, 2.24) is 5.43 Å². The molecule has 5 heteroatoms. The number of hydrogen-bond acceptors (Lipinski definition) is 3. The first-order valence-electron chi connectivity index (χ1n) is 6.53. The molecule has 110 valence electrons. The minimum Gasteiger partial charge on any atom is -0.377 e. The SMILES string of the molecule is CN(C)c1ccc(/C=N\NCc2ccc(Cl)cc2)cc1Br. The summed E-state index contributed by atoms with van der Waals surface area (Å²) in [6.45, 7) is 0.671. The van der Waals surface area contributed by atoms with Crippen LogP contribution in [0.3, 0.4) is 0 Å². The molecule has 0 atom stereocenters. The van der Waals surface area contributed by atoms with Crippen LogP contribution >= 0.6 is 27.5 Å². The van der Waals surface area contributed by atoms with Crippen molar-refractivity contribution >= 4 is 39.4 Å². The summed E-state index contributed by atoms with van der Waals surface area (Å²) >= 11 is 9.41. The number of hydrogen-bond donors (Lipinski definition) is 1. The van der Waals surface area contributed by atoms with Crippen LogP contribution in [-0.2, 0) is 6.54 Å². The smallest absolute Gasteiger partial charge is 0.0580 e. The van der Waals surface area contributed by atoms with E-state index in [0.717, 1.165) is 26.3 Å². The Hall–Kier alpha value is -1.52. The zero-order valence-corrected chi connectivity index (χ0v) is 14.3. The monoisotopic (exact) mass is 365 g/mol. The van der Waals surface area contributed by atoms with E-state index in [2.05, 4.69) is 37.4 Å². The van der Waals surface area contributed by atoms with E-state index in [1.165, 1.54) is 0 Å². The Morgan fingerprint density at radius 3 is 2.52 bits per heavy atom. The molecule has 0 aliphatic carbocycles. The van der Waals surface area contributed by atoms with Crippen molar-refractivity contribution in [2.75, 3.05) is 19.0 Å². The van der Waals surface area contributed by atoms with Crippen LogP contribution in [0, 0.1) is 0 Å². The van der Waals surface area contributed by atoms with E-state index in [1.807, 2.05) is 50.5 Å². The van der Waals surface area contributed by atoms with Gasteiger partial charge in [-0.05, 0) is 51.3 Å². The molecule has 2 rings (SSSR count). The molecule has 0 radical (unpaired) electrons. The molecular weight excluding hydrogens is 350 g/mol. The molecular formula is C16H17BrClN3. The molecule has 2 aromatic rings. The molecule has 3 nitrogen and oxygen atoms in total. The lowest BCUT2D eigenvalue weighted by molar-refractivity contribution is 0.748. The first kappa shape index (κ1) is 15.9. The van der Waals surface area contributed by atoms with Crippen LogP contribution in [0.15, 0.2) is 52.0 Å². The van der Waals surface area contributed by atoms with E-state index in [9.17, 15) is 0 Å². The summed E-state index contributed by atoms with van der Waals surface area (Å²) in [5, 5.41) is 4.98. The van der Waals surface area contributed by atoms with Crippen LogP contribution in [0.2, 0.25) is 5.02 Å². The zero-order valence-electron chi connectivity index (χ0n) is 12.0. The molecule has 2 aromatic carbocycles. The minimum atomic E-state index is 0.671. The average Bonchev–Trinajstić information content (AvgIpc) is 2.45. The molecule has 0 unspecified atom stereocenters. The maximum atomic E-state index is 5.84. The highest BCUT2D eigenvalue weighted by atomic mass is 79.9. The lowest BCUT2D eigenvalue weighted by atomic mass is 10.2. The van der Waals surface area contributed by atoms with Crippen molar-refractivity contribution in [3.63, 3.8) is 0 Å². The zero-order chi connectivity index (χ0) is 15.2. The molecule has 0 aliphatic rings. The maximum Gasteiger partial charge on any atom is 0.0580 e. The largest absolute Gasteiger partial charge is 0.377 e. The number of halogens is 2. The molecule has 0 amide bonds. The van der Waals surface area contributed by atoms with Crippen molar-refractivity contribution < 1.29 is 0 Å². The number of benzene rings is 2. The van der Waals surface area contributed by atoms with E-state index < -0.39 is 0 Å². The quantitative estimate of drug-likeness (QED) is 0.631. The molecule has 0 aliphatic heterocycles. The van der Waals surface area contributed by atoms with Gasteiger partial charge in [-0.25, -0.2) is 0 Å². The van der Waals surface area contributed by atoms with Crippen LogP contribution in [0.5, 0.6) is 0 Å². The van der Waals surface area contributed by atoms with E-state index in [4.69, 9.17) is 11.6 Å². The van der Waals surface area contributed by atoms with Gasteiger partial charge in [0.25, 0.3) is 0 Å². The van der Waals surface area contributed by atoms with Crippen LogP contribution in [-0.4, -0.2) is 20.3 Å². The van der Waals surface area contributed by atoms with Gasteiger partial charge in [0.05, 0.1) is 18.4 Å². The van der Waals surface area contributed by atoms with E-state index >= 15 is 0 Å². The van der Waals surface area contributed by atoms with Crippen molar-refractivity contribution in [2.24, 2.45) is 5.10 Å². The summed E-state index contributed by atoms with van der Waals surface area (Å²) < 4.78 is 1.05. The predicted octanol–water partition coefficient (Wildman–Crippen LogP) is 4.29. The fraction of sp³-hybridized carbons (Fsp3) is 0.188. The Balaban J connectivity index is 1.92. The summed E-state index contributed by atoms with van der Waals surface area (Å²) in [6, 6.07) is 13.8. The Labute approximate surface area is 138 Å². The van der Waals surface area contributed by atoms with Crippen LogP contribution in [0.1, 0.15) is 11.1 Å². The highest BCUT2D eigenvalue weighted by Gasteiger charge is 2.01. The molecule has 0 spiro atoms. The van der Waals surface area contributed by atoms with E-state index in [-0.39, 0.29) is 0 Å². The van der Waals surface area contributed by atoms with Crippen LogP contribution in [0.25, 0.3) is 0 Å². The molecule has 0 heterocycles. The van der Waals surface area contributed by atoms with Gasteiger partial charge in [-0.2, -0.15) is 5.10 Å². The average molecular weight is 367 g/mol. The lowest BCUT2D eigenvalue weighted by Crippen LogP contribution is -2.09. The molecule has 0 saturated heterocycles. The lowest BCUT2D eigenvalue weighted by Gasteiger charge is -2.14. The first-order valence-corrected chi connectivity index (χ1v) is 7.70. The van der Waals surface area contributed by atoms with Gasteiger partial charge in [0.1, 0.15) is 0 Å². The third-order valence-corrected chi connectivity index (χ3v) is 3.84. The normalized spacial score (nSPS) is 10.9. The van der Waals surface area contributed by atoms with Gasteiger partial charge >= 0.3 is 0 Å². The Morgan fingerprint density at radius 2 is 1.90 bits per heavy atom. The number of anilines is 1. The Kier molecular flexibility index (Phi) is 5.65. The predicted molar refractivity (Wildman–Crippen MR) is 94.4 cm³/mol. The van der Waals surface area contributed by atoms with E-state index in [1.54, 1.807) is 6.21 Å². The Morgan fingerprint density at radius 1 is 1.19 bits per heavy atom. The second kappa shape index (κ2) is 7.48. The number of nitrogens with one attached hydrogen (secondary N) is 1. The van der Waals surface area contributed by atoms with E-state index in [0.29, 0.717) is 6.54 Å². The number of rotatable bonds is 5. The van der Waals surface area contributed by atoms with Gasteiger partial charge in [0.2, 0.25) is 0 Å². The molecule has 0 saturated carbocycles. The van der Waals surface area contributed by atoms with Crippen molar-refractivity contribution in [2.45, 2.75) is 6.54 Å². The molecule has 21 heavy (non-hydrogen) atoms. The fourth-order valence-corrected chi connectivity index (χ4v) is 2.70.